The van der Waals surface area contributed by atoms with E-state index in [1.54, 1.807) is 0 Å². The van der Waals surface area contributed by atoms with Gasteiger partial charge >= 0.3 is 5.97 Å². The van der Waals surface area contributed by atoms with Crippen molar-refractivity contribution in [2.75, 3.05) is 31.1 Å². The third-order valence-electron chi connectivity index (χ3n) is 4.62. The quantitative estimate of drug-likeness (QED) is 0.853. The van der Waals surface area contributed by atoms with E-state index in [0.717, 1.165) is 31.8 Å². The first kappa shape index (κ1) is 14.2. The SMILES string of the molecule is CC(C)(C(=O)O)C1CCCN(CC2CCSC2)C1. The Morgan fingerprint density at radius 1 is 1.44 bits per heavy atom. The number of carbonyl (C=O) groups is 1. The summed E-state index contributed by atoms with van der Waals surface area (Å²) in [7, 11) is 0. The molecule has 3 nitrogen and oxygen atoms in total. The molecule has 0 aliphatic carbocycles. The van der Waals surface area contributed by atoms with Crippen molar-refractivity contribution in [1.82, 2.24) is 4.90 Å². The van der Waals surface area contributed by atoms with Gasteiger partial charge in [-0.2, -0.15) is 11.8 Å². The fourth-order valence-corrected chi connectivity index (χ4v) is 4.35. The third-order valence-corrected chi connectivity index (χ3v) is 5.85. The van der Waals surface area contributed by atoms with Crippen LogP contribution in [0.15, 0.2) is 0 Å². The highest BCUT2D eigenvalue weighted by Crippen LogP contribution is 2.35. The van der Waals surface area contributed by atoms with Gasteiger partial charge in [0.15, 0.2) is 0 Å². The number of thioether (sulfide) groups is 1. The Balaban J connectivity index is 1.89. The summed E-state index contributed by atoms with van der Waals surface area (Å²) in [4.78, 5) is 13.9. The molecule has 2 unspecified atom stereocenters. The Morgan fingerprint density at radius 2 is 2.22 bits per heavy atom. The monoisotopic (exact) mass is 271 g/mol. The molecule has 2 rings (SSSR count). The highest BCUT2D eigenvalue weighted by Gasteiger charge is 2.39. The Bertz CT molecular complexity index is 300. The lowest BCUT2D eigenvalue weighted by molar-refractivity contribution is -0.151. The van der Waals surface area contributed by atoms with Crippen LogP contribution in [0.1, 0.15) is 33.1 Å². The minimum absolute atomic E-state index is 0.304. The second-order valence-electron chi connectivity index (χ2n) is 6.36. The lowest BCUT2D eigenvalue weighted by Crippen LogP contribution is -2.46. The molecule has 0 saturated carbocycles. The summed E-state index contributed by atoms with van der Waals surface area (Å²) in [6, 6.07) is 0. The molecule has 2 aliphatic rings. The van der Waals surface area contributed by atoms with E-state index in [1.165, 1.54) is 24.5 Å². The first-order valence-electron chi connectivity index (χ1n) is 7.03. The molecule has 104 valence electrons. The van der Waals surface area contributed by atoms with Crippen LogP contribution in [0.3, 0.4) is 0 Å². The van der Waals surface area contributed by atoms with Crippen molar-refractivity contribution in [3.05, 3.63) is 0 Å². The highest BCUT2D eigenvalue weighted by atomic mass is 32.2. The number of carboxylic acid groups (broad SMARTS) is 1. The van der Waals surface area contributed by atoms with E-state index >= 15 is 0 Å². The molecule has 2 saturated heterocycles. The van der Waals surface area contributed by atoms with Gasteiger partial charge < -0.3 is 10.0 Å². The van der Waals surface area contributed by atoms with Gasteiger partial charge in [-0.1, -0.05) is 0 Å². The number of nitrogens with zero attached hydrogens (tertiary/aromatic N) is 1. The predicted octanol–water partition coefficient (Wildman–Crippen LogP) is 2.56. The zero-order valence-electron chi connectivity index (χ0n) is 11.5. The van der Waals surface area contributed by atoms with E-state index in [2.05, 4.69) is 16.7 Å². The molecule has 2 atom stereocenters. The highest BCUT2D eigenvalue weighted by molar-refractivity contribution is 7.99. The topological polar surface area (TPSA) is 40.5 Å². The number of rotatable bonds is 4. The number of likely N-dealkylation sites (tertiary alicyclic amines) is 1. The zero-order valence-corrected chi connectivity index (χ0v) is 12.3. The van der Waals surface area contributed by atoms with Gasteiger partial charge in [-0.05, 0) is 63.0 Å². The van der Waals surface area contributed by atoms with Gasteiger partial charge in [0, 0.05) is 13.1 Å². The van der Waals surface area contributed by atoms with Crippen LogP contribution in [0.25, 0.3) is 0 Å². The van der Waals surface area contributed by atoms with Crippen LogP contribution in [0, 0.1) is 17.3 Å². The van der Waals surface area contributed by atoms with Crippen LogP contribution < -0.4 is 0 Å². The number of hydrogen-bond donors (Lipinski definition) is 1. The second kappa shape index (κ2) is 5.83. The summed E-state index contributed by atoms with van der Waals surface area (Å²) >= 11 is 2.06. The standard InChI is InChI=1S/C14H25NO2S/c1-14(2,13(16)17)12-4-3-6-15(9-12)8-11-5-7-18-10-11/h11-12H,3-10H2,1-2H3,(H,16,17). The molecule has 2 fully saturated rings. The molecule has 0 aromatic carbocycles. The first-order chi connectivity index (χ1) is 8.50. The molecule has 18 heavy (non-hydrogen) atoms. The molecule has 0 bridgehead atoms. The minimum Gasteiger partial charge on any atom is -0.481 e. The lowest BCUT2D eigenvalue weighted by atomic mass is 9.74. The normalized spacial score (nSPS) is 30.6. The number of hydrogen-bond acceptors (Lipinski definition) is 3. The summed E-state index contributed by atoms with van der Waals surface area (Å²) < 4.78 is 0. The van der Waals surface area contributed by atoms with Crippen LogP contribution in [0.4, 0.5) is 0 Å². The van der Waals surface area contributed by atoms with Gasteiger partial charge in [-0.15, -0.1) is 0 Å². The van der Waals surface area contributed by atoms with E-state index in [1.807, 2.05) is 13.8 Å². The average Bonchev–Trinajstić information content (AvgIpc) is 2.82. The second-order valence-corrected chi connectivity index (χ2v) is 7.51. The van der Waals surface area contributed by atoms with Crippen molar-refractivity contribution in [3.63, 3.8) is 0 Å². The Labute approximate surface area is 114 Å². The van der Waals surface area contributed by atoms with Gasteiger partial charge in [0.05, 0.1) is 5.41 Å². The number of aliphatic carboxylic acids is 1. The smallest absolute Gasteiger partial charge is 0.309 e. The Morgan fingerprint density at radius 3 is 2.83 bits per heavy atom. The van der Waals surface area contributed by atoms with E-state index in [0.29, 0.717) is 5.92 Å². The van der Waals surface area contributed by atoms with Crippen molar-refractivity contribution in [2.45, 2.75) is 33.1 Å². The molecular weight excluding hydrogens is 246 g/mol. The maximum Gasteiger partial charge on any atom is 0.309 e. The van der Waals surface area contributed by atoms with Gasteiger partial charge in [0.1, 0.15) is 0 Å². The van der Waals surface area contributed by atoms with Crippen LogP contribution in [0.5, 0.6) is 0 Å². The first-order valence-corrected chi connectivity index (χ1v) is 8.19. The lowest BCUT2D eigenvalue weighted by Gasteiger charge is -2.40. The summed E-state index contributed by atoms with van der Waals surface area (Å²) in [5, 5.41) is 9.34. The molecule has 0 spiro atoms. The maximum absolute atomic E-state index is 11.3. The van der Waals surface area contributed by atoms with Crippen molar-refractivity contribution < 1.29 is 9.90 Å². The number of piperidine rings is 1. The van der Waals surface area contributed by atoms with Crippen LogP contribution >= 0.6 is 11.8 Å². The van der Waals surface area contributed by atoms with E-state index in [-0.39, 0.29) is 0 Å². The molecular formula is C14H25NO2S. The van der Waals surface area contributed by atoms with Crippen LogP contribution in [0.2, 0.25) is 0 Å². The molecule has 0 radical (unpaired) electrons. The fraction of sp³-hybridized carbons (Fsp3) is 0.929. The van der Waals surface area contributed by atoms with Crippen molar-refractivity contribution in [3.8, 4) is 0 Å². The molecule has 2 heterocycles. The van der Waals surface area contributed by atoms with Crippen LogP contribution in [-0.4, -0.2) is 47.1 Å². The molecule has 0 amide bonds. The molecule has 1 N–H and O–H groups in total. The number of carboxylic acids is 1. The molecule has 0 aromatic rings. The van der Waals surface area contributed by atoms with E-state index < -0.39 is 11.4 Å². The van der Waals surface area contributed by atoms with Gasteiger partial charge in [0.2, 0.25) is 0 Å². The van der Waals surface area contributed by atoms with Gasteiger partial charge in [-0.3, -0.25) is 4.79 Å². The maximum atomic E-state index is 11.3. The predicted molar refractivity (Wildman–Crippen MR) is 76.0 cm³/mol. The van der Waals surface area contributed by atoms with Crippen molar-refractivity contribution >= 4 is 17.7 Å². The van der Waals surface area contributed by atoms with Gasteiger partial charge in [-0.25, -0.2) is 0 Å². The summed E-state index contributed by atoms with van der Waals surface area (Å²) in [6.45, 7) is 7.08. The molecule has 0 aromatic heterocycles. The van der Waals surface area contributed by atoms with Crippen molar-refractivity contribution in [1.29, 1.82) is 0 Å². The fourth-order valence-electron chi connectivity index (χ4n) is 3.08. The summed E-state index contributed by atoms with van der Waals surface area (Å²) in [5.74, 6) is 3.09. The van der Waals surface area contributed by atoms with Gasteiger partial charge in [0.25, 0.3) is 0 Å². The molecule has 4 heteroatoms. The van der Waals surface area contributed by atoms with Crippen LogP contribution in [-0.2, 0) is 4.79 Å². The van der Waals surface area contributed by atoms with E-state index in [9.17, 15) is 9.90 Å². The average molecular weight is 271 g/mol. The minimum atomic E-state index is -0.647. The Kier molecular flexibility index (Phi) is 4.59. The summed E-state index contributed by atoms with van der Waals surface area (Å²) in [6.07, 6.45) is 3.56. The largest absolute Gasteiger partial charge is 0.481 e. The van der Waals surface area contributed by atoms with E-state index in [4.69, 9.17) is 0 Å². The zero-order chi connectivity index (χ0) is 13.2. The third kappa shape index (κ3) is 3.21. The summed E-state index contributed by atoms with van der Waals surface area (Å²) in [5.41, 5.74) is -0.580. The van der Waals surface area contributed by atoms with Crippen molar-refractivity contribution in [2.24, 2.45) is 17.3 Å². The molecule has 2 aliphatic heterocycles. The Hall–Kier alpha value is -0.220.